The third-order valence-electron chi connectivity index (χ3n) is 3.60. The van der Waals surface area contributed by atoms with Gasteiger partial charge in [-0.3, -0.25) is 4.98 Å². The van der Waals surface area contributed by atoms with Crippen LogP contribution in [0.1, 0.15) is 30.7 Å². The first kappa shape index (κ1) is 15.5. The third kappa shape index (κ3) is 4.57. The standard InChI is InChI=1S/C18H25N3/c1-4-19-12-16-8-9-17(20-13-16)14-21(5-2)18-10-6-15(3)7-11-18/h6-11,13,19H,4-5,12,14H2,1-3H3. The molecule has 3 heteroatoms. The fourth-order valence-electron chi connectivity index (χ4n) is 2.26. The Morgan fingerprint density at radius 2 is 1.81 bits per heavy atom. The van der Waals surface area contributed by atoms with Crippen molar-refractivity contribution < 1.29 is 0 Å². The first-order valence-electron chi connectivity index (χ1n) is 7.69. The maximum absolute atomic E-state index is 4.58. The molecule has 3 nitrogen and oxygen atoms in total. The topological polar surface area (TPSA) is 28.2 Å². The summed E-state index contributed by atoms with van der Waals surface area (Å²) in [6, 6.07) is 13.0. The molecule has 21 heavy (non-hydrogen) atoms. The van der Waals surface area contributed by atoms with Crippen molar-refractivity contribution in [3.8, 4) is 0 Å². The summed E-state index contributed by atoms with van der Waals surface area (Å²) in [4.78, 5) is 6.92. The van der Waals surface area contributed by atoms with E-state index < -0.39 is 0 Å². The Hall–Kier alpha value is -1.87. The molecule has 0 aliphatic carbocycles. The zero-order valence-electron chi connectivity index (χ0n) is 13.3. The average Bonchev–Trinajstić information content (AvgIpc) is 2.53. The van der Waals surface area contributed by atoms with E-state index in [-0.39, 0.29) is 0 Å². The monoisotopic (exact) mass is 283 g/mol. The van der Waals surface area contributed by atoms with Crippen molar-refractivity contribution in [2.75, 3.05) is 18.0 Å². The molecular weight excluding hydrogens is 258 g/mol. The highest BCUT2D eigenvalue weighted by Gasteiger charge is 2.06. The van der Waals surface area contributed by atoms with Crippen molar-refractivity contribution >= 4 is 5.69 Å². The van der Waals surface area contributed by atoms with Gasteiger partial charge in [-0.15, -0.1) is 0 Å². The number of anilines is 1. The van der Waals surface area contributed by atoms with E-state index in [4.69, 9.17) is 0 Å². The van der Waals surface area contributed by atoms with Crippen molar-refractivity contribution in [2.45, 2.75) is 33.9 Å². The molecule has 0 radical (unpaired) electrons. The molecule has 0 fully saturated rings. The maximum Gasteiger partial charge on any atom is 0.0601 e. The number of hydrogen-bond acceptors (Lipinski definition) is 3. The van der Waals surface area contributed by atoms with Crippen LogP contribution in [0, 0.1) is 6.92 Å². The number of nitrogens with one attached hydrogen (secondary N) is 1. The molecule has 0 saturated heterocycles. The molecule has 1 aromatic carbocycles. The minimum atomic E-state index is 0.848. The number of benzene rings is 1. The number of nitrogens with zero attached hydrogens (tertiary/aromatic N) is 2. The smallest absolute Gasteiger partial charge is 0.0601 e. The van der Waals surface area contributed by atoms with Gasteiger partial charge in [0.25, 0.3) is 0 Å². The lowest BCUT2D eigenvalue weighted by Gasteiger charge is -2.23. The summed E-state index contributed by atoms with van der Waals surface area (Å²) in [7, 11) is 0. The predicted octanol–water partition coefficient (Wildman–Crippen LogP) is 3.53. The zero-order chi connectivity index (χ0) is 15.1. The largest absolute Gasteiger partial charge is 0.366 e. The Labute approximate surface area is 128 Å². The quantitative estimate of drug-likeness (QED) is 0.842. The molecule has 0 amide bonds. The summed E-state index contributed by atoms with van der Waals surface area (Å²) in [5.74, 6) is 0. The van der Waals surface area contributed by atoms with E-state index in [0.29, 0.717) is 0 Å². The van der Waals surface area contributed by atoms with E-state index in [9.17, 15) is 0 Å². The number of pyridine rings is 1. The van der Waals surface area contributed by atoms with Gasteiger partial charge in [0.15, 0.2) is 0 Å². The first-order chi connectivity index (χ1) is 10.2. The van der Waals surface area contributed by atoms with Crippen LogP contribution in [0.3, 0.4) is 0 Å². The Balaban J connectivity index is 2.02. The summed E-state index contributed by atoms with van der Waals surface area (Å²) in [5, 5.41) is 3.32. The molecule has 0 saturated carbocycles. The van der Waals surface area contributed by atoms with Crippen LogP contribution in [-0.4, -0.2) is 18.1 Å². The van der Waals surface area contributed by atoms with Crippen molar-refractivity contribution in [2.24, 2.45) is 0 Å². The van der Waals surface area contributed by atoms with Gasteiger partial charge in [0.1, 0.15) is 0 Å². The van der Waals surface area contributed by atoms with Crippen LogP contribution in [0.4, 0.5) is 5.69 Å². The highest BCUT2D eigenvalue weighted by molar-refractivity contribution is 5.47. The molecule has 1 N–H and O–H groups in total. The van der Waals surface area contributed by atoms with E-state index in [2.05, 4.69) is 72.4 Å². The first-order valence-corrected chi connectivity index (χ1v) is 7.69. The van der Waals surface area contributed by atoms with E-state index in [1.807, 2.05) is 6.20 Å². The van der Waals surface area contributed by atoms with E-state index in [1.54, 1.807) is 0 Å². The van der Waals surface area contributed by atoms with Crippen molar-refractivity contribution in [1.82, 2.24) is 10.3 Å². The molecular formula is C18H25N3. The van der Waals surface area contributed by atoms with Crippen LogP contribution in [-0.2, 0) is 13.1 Å². The number of rotatable bonds is 7. The van der Waals surface area contributed by atoms with Gasteiger partial charge in [-0.05, 0) is 44.2 Å². The Morgan fingerprint density at radius 1 is 1.05 bits per heavy atom. The van der Waals surface area contributed by atoms with Gasteiger partial charge in [-0.25, -0.2) is 0 Å². The lowest BCUT2D eigenvalue weighted by Crippen LogP contribution is -2.22. The average molecular weight is 283 g/mol. The van der Waals surface area contributed by atoms with Crippen LogP contribution < -0.4 is 10.2 Å². The molecule has 2 rings (SSSR count). The van der Waals surface area contributed by atoms with Gasteiger partial charge in [0.2, 0.25) is 0 Å². The zero-order valence-corrected chi connectivity index (χ0v) is 13.3. The second-order valence-corrected chi connectivity index (χ2v) is 5.29. The molecule has 0 spiro atoms. The van der Waals surface area contributed by atoms with Crippen LogP contribution in [0.25, 0.3) is 0 Å². The fraction of sp³-hybridized carbons (Fsp3) is 0.389. The van der Waals surface area contributed by atoms with Gasteiger partial charge in [0.05, 0.1) is 12.2 Å². The van der Waals surface area contributed by atoms with Gasteiger partial charge in [-0.2, -0.15) is 0 Å². The fourth-order valence-corrected chi connectivity index (χ4v) is 2.26. The second kappa shape index (κ2) is 7.79. The SMILES string of the molecule is CCNCc1ccc(CN(CC)c2ccc(C)cc2)nc1. The molecule has 0 atom stereocenters. The Bertz CT molecular complexity index is 531. The summed E-state index contributed by atoms with van der Waals surface area (Å²) in [6.45, 7) is 10.1. The van der Waals surface area contributed by atoms with Crippen molar-refractivity contribution in [1.29, 1.82) is 0 Å². The summed E-state index contributed by atoms with van der Waals surface area (Å²) in [6.07, 6.45) is 1.97. The summed E-state index contributed by atoms with van der Waals surface area (Å²) < 4.78 is 0. The van der Waals surface area contributed by atoms with Crippen LogP contribution >= 0.6 is 0 Å². The summed E-state index contributed by atoms with van der Waals surface area (Å²) >= 11 is 0. The van der Waals surface area contributed by atoms with Crippen molar-refractivity contribution in [3.63, 3.8) is 0 Å². The predicted molar refractivity (Wildman–Crippen MR) is 89.5 cm³/mol. The molecule has 1 heterocycles. The molecule has 0 bridgehead atoms. The molecule has 1 aromatic heterocycles. The third-order valence-corrected chi connectivity index (χ3v) is 3.60. The normalized spacial score (nSPS) is 10.6. The van der Waals surface area contributed by atoms with Crippen LogP contribution in [0.5, 0.6) is 0 Å². The second-order valence-electron chi connectivity index (χ2n) is 5.29. The van der Waals surface area contributed by atoms with Crippen LogP contribution in [0.2, 0.25) is 0 Å². The lowest BCUT2D eigenvalue weighted by atomic mass is 10.2. The molecule has 2 aromatic rings. The van der Waals surface area contributed by atoms with E-state index in [1.165, 1.54) is 16.8 Å². The minimum absolute atomic E-state index is 0.848. The van der Waals surface area contributed by atoms with Crippen LogP contribution in [0.15, 0.2) is 42.6 Å². The van der Waals surface area contributed by atoms with Gasteiger partial charge < -0.3 is 10.2 Å². The minimum Gasteiger partial charge on any atom is -0.366 e. The molecule has 112 valence electrons. The summed E-state index contributed by atoms with van der Waals surface area (Å²) in [5.41, 5.74) is 4.89. The van der Waals surface area contributed by atoms with E-state index >= 15 is 0 Å². The Morgan fingerprint density at radius 3 is 2.38 bits per heavy atom. The van der Waals surface area contributed by atoms with Gasteiger partial charge in [-0.1, -0.05) is 30.7 Å². The number of hydrogen-bond donors (Lipinski definition) is 1. The molecule has 0 aliphatic rings. The molecule has 0 unspecified atom stereocenters. The lowest BCUT2D eigenvalue weighted by molar-refractivity contribution is 0.722. The number of aryl methyl sites for hydroxylation is 1. The van der Waals surface area contributed by atoms with Crippen molar-refractivity contribution in [3.05, 3.63) is 59.4 Å². The highest BCUT2D eigenvalue weighted by Crippen LogP contribution is 2.17. The molecule has 0 aliphatic heterocycles. The highest BCUT2D eigenvalue weighted by atomic mass is 15.1. The van der Waals surface area contributed by atoms with E-state index in [0.717, 1.165) is 31.9 Å². The van der Waals surface area contributed by atoms with Gasteiger partial charge >= 0.3 is 0 Å². The van der Waals surface area contributed by atoms with Gasteiger partial charge in [0, 0.05) is 25.0 Å². The number of aromatic nitrogens is 1. The maximum atomic E-state index is 4.58. The Kier molecular flexibility index (Phi) is 5.76.